The van der Waals surface area contributed by atoms with Gasteiger partial charge in [0, 0.05) is 23.6 Å². The molecule has 2 unspecified atom stereocenters. The Morgan fingerprint density at radius 1 is 1.24 bits per heavy atom. The molecule has 1 aliphatic rings. The van der Waals surface area contributed by atoms with Crippen LogP contribution in [0.15, 0.2) is 46.9 Å². The van der Waals surface area contributed by atoms with Gasteiger partial charge in [0.2, 0.25) is 0 Å². The first-order valence-corrected chi connectivity index (χ1v) is 7.68. The average Bonchev–Trinajstić information content (AvgIpc) is 2.49. The summed E-state index contributed by atoms with van der Waals surface area (Å²) in [5.41, 5.74) is 3.04. The van der Waals surface area contributed by atoms with Gasteiger partial charge in [0.1, 0.15) is 11.9 Å². The average molecular weight is 349 g/mol. The third kappa shape index (κ3) is 3.12. The quantitative estimate of drug-likeness (QED) is 0.905. The van der Waals surface area contributed by atoms with E-state index >= 15 is 0 Å². The van der Waals surface area contributed by atoms with E-state index in [9.17, 15) is 5.11 Å². The molecule has 1 aliphatic heterocycles. The van der Waals surface area contributed by atoms with Crippen molar-refractivity contribution < 1.29 is 14.6 Å². The van der Waals surface area contributed by atoms with Crippen molar-refractivity contribution in [2.75, 3.05) is 7.11 Å². The summed E-state index contributed by atoms with van der Waals surface area (Å²) in [6, 6.07) is 13.9. The SMILES string of the molecule is COCc1ccc(C2CC(O)c3cc(Br)ccc3O2)cc1. The topological polar surface area (TPSA) is 38.7 Å². The number of hydrogen-bond donors (Lipinski definition) is 1. The zero-order chi connectivity index (χ0) is 14.8. The molecule has 2 aromatic carbocycles. The molecule has 0 radical (unpaired) electrons. The zero-order valence-electron chi connectivity index (χ0n) is 11.8. The molecule has 3 nitrogen and oxygen atoms in total. The molecule has 0 bridgehead atoms. The van der Waals surface area contributed by atoms with Crippen molar-refractivity contribution >= 4 is 15.9 Å². The minimum Gasteiger partial charge on any atom is -0.485 e. The highest BCUT2D eigenvalue weighted by Gasteiger charge is 2.28. The smallest absolute Gasteiger partial charge is 0.127 e. The molecular formula is C17H17BrO3. The van der Waals surface area contributed by atoms with Gasteiger partial charge in [-0.3, -0.25) is 0 Å². The van der Waals surface area contributed by atoms with E-state index in [1.54, 1.807) is 7.11 Å². The molecule has 0 spiro atoms. The van der Waals surface area contributed by atoms with Gasteiger partial charge in [-0.15, -0.1) is 0 Å². The number of rotatable bonds is 3. The number of fused-ring (bicyclic) bond motifs is 1. The Bertz CT molecular complexity index is 624. The largest absolute Gasteiger partial charge is 0.485 e. The van der Waals surface area contributed by atoms with Crippen LogP contribution in [0.2, 0.25) is 0 Å². The highest BCUT2D eigenvalue weighted by atomic mass is 79.9. The van der Waals surface area contributed by atoms with Crippen molar-refractivity contribution in [3.63, 3.8) is 0 Å². The number of aliphatic hydroxyl groups excluding tert-OH is 1. The summed E-state index contributed by atoms with van der Waals surface area (Å²) in [5, 5.41) is 10.3. The molecule has 110 valence electrons. The minimum absolute atomic E-state index is 0.120. The molecule has 4 heteroatoms. The van der Waals surface area contributed by atoms with Crippen LogP contribution in [0.25, 0.3) is 0 Å². The maximum Gasteiger partial charge on any atom is 0.127 e. The van der Waals surface area contributed by atoms with E-state index in [0.717, 1.165) is 26.9 Å². The second-order valence-corrected chi connectivity index (χ2v) is 6.13. The molecular weight excluding hydrogens is 332 g/mol. The molecule has 2 aromatic rings. The van der Waals surface area contributed by atoms with Crippen LogP contribution in [0.5, 0.6) is 5.75 Å². The van der Waals surface area contributed by atoms with Crippen LogP contribution in [0, 0.1) is 0 Å². The van der Waals surface area contributed by atoms with E-state index in [1.165, 1.54) is 0 Å². The Balaban J connectivity index is 1.83. The lowest BCUT2D eigenvalue weighted by atomic mass is 9.94. The molecule has 2 atom stereocenters. The van der Waals surface area contributed by atoms with Crippen LogP contribution in [0.1, 0.15) is 35.3 Å². The maximum atomic E-state index is 10.3. The van der Waals surface area contributed by atoms with Crippen LogP contribution in [0.4, 0.5) is 0 Å². The van der Waals surface area contributed by atoms with Gasteiger partial charge in [0.05, 0.1) is 12.7 Å². The molecule has 3 rings (SSSR count). The first-order valence-electron chi connectivity index (χ1n) is 6.89. The van der Waals surface area contributed by atoms with Crippen molar-refractivity contribution in [3.05, 3.63) is 63.6 Å². The van der Waals surface area contributed by atoms with E-state index in [0.29, 0.717) is 13.0 Å². The molecule has 0 aliphatic carbocycles. The van der Waals surface area contributed by atoms with Crippen molar-refractivity contribution in [3.8, 4) is 5.75 Å². The number of hydrogen-bond acceptors (Lipinski definition) is 3. The van der Waals surface area contributed by atoms with E-state index < -0.39 is 6.10 Å². The highest BCUT2D eigenvalue weighted by Crippen LogP contribution is 2.41. The Kier molecular flexibility index (Phi) is 4.29. The van der Waals surface area contributed by atoms with Gasteiger partial charge >= 0.3 is 0 Å². The second kappa shape index (κ2) is 6.18. The fourth-order valence-electron chi connectivity index (χ4n) is 2.62. The van der Waals surface area contributed by atoms with E-state index in [-0.39, 0.29) is 6.10 Å². The number of halogens is 1. The van der Waals surface area contributed by atoms with Gasteiger partial charge in [-0.2, -0.15) is 0 Å². The Morgan fingerprint density at radius 3 is 2.71 bits per heavy atom. The molecule has 1 N–H and O–H groups in total. The predicted octanol–water partition coefficient (Wildman–Crippen LogP) is 4.15. The number of aliphatic hydroxyl groups is 1. The normalized spacial score (nSPS) is 20.7. The van der Waals surface area contributed by atoms with E-state index in [1.807, 2.05) is 42.5 Å². The molecule has 1 heterocycles. The molecule has 0 saturated heterocycles. The molecule has 0 amide bonds. The maximum absolute atomic E-state index is 10.3. The number of ether oxygens (including phenoxy) is 2. The zero-order valence-corrected chi connectivity index (χ0v) is 13.3. The Hall–Kier alpha value is -1.36. The van der Waals surface area contributed by atoms with E-state index in [2.05, 4.69) is 15.9 Å². The van der Waals surface area contributed by atoms with Crippen molar-refractivity contribution in [1.82, 2.24) is 0 Å². The lowest BCUT2D eigenvalue weighted by Crippen LogP contribution is -2.19. The van der Waals surface area contributed by atoms with Crippen LogP contribution >= 0.6 is 15.9 Å². The molecule has 0 fully saturated rings. The fourth-order valence-corrected chi connectivity index (χ4v) is 3.00. The summed E-state index contributed by atoms with van der Waals surface area (Å²) in [6.45, 7) is 0.602. The molecule has 0 aromatic heterocycles. The summed E-state index contributed by atoms with van der Waals surface area (Å²) in [6.07, 6.45) is -0.0623. The Morgan fingerprint density at radius 2 is 2.00 bits per heavy atom. The van der Waals surface area contributed by atoms with Crippen LogP contribution in [-0.2, 0) is 11.3 Å². The van der Waals surface area contributed by atoms with E-state index in [4.69, 9.17) is 9.47 Å². The number of benzene rings is 2. The first kappa shape index (κ1) is 14.6. The first-order chi connectivity index (χ1) is 10.2. The van der Waals surface area contributed by atoms with Gasteiger partial charge in [0.15, 0.2) is 0 Å². The summed E-state index contributed by atoms with van der Waals surface area (Å²) in [4.78, 5) is 0. The minimum atomic E-state index is -0.505. The van der Waals surface area contributed by atoms with Gasteiger partial charge in [-0.1, -0.05) is 40.2 Å². The van der Waals surface area contributed by atoms with Crippen LogP contribution < -0.4 is 4.74 Å². The van der Waals surface area contributed by atoms with Gasteiger partial charge in [-0.25, -0.2) is 0 Å². The van der Waals surface area contributed by atoms with Crippen molar-refractivity contribution in [1.29, 1.82) is 0 Å². The molecule has 21 heavy (non-hydrogen) atoms. The lowest BCUT2D eigenvalue weighted by molar-refractivity contribution is 0.0656. The summed E-state index contributed by atoms with van der Waals surface area (Å²) in [7, 11) is 1.68. The van der Waals surface area contributed by atoms with Gasteiger partial charge < -0.3 is 14.6 Å². The molecule has 0 saturated carbocycles. The summed E-state index contributed by atoms with van der Waals surface area (Å²) >= 11 is 3.42. The third-order valence-electron chi connectivity index (χ3n) is 3.70. The van der Waals surface area contributed by atoms with Crippen molar-refractivity contribution in [2.24, 2.45) is 0 Å². The lowest BCUT2D eigenvalue weighted by Gasteiger charge is -2.30. The van der Waals surface area contributed by atoms with Gasteiger partial charge in [-0.05, 0) is 29.3 Å². The Labute approximate surface area is 132 Å². The van der Waals surface area contributed by atoms with Crippen LogP contribution in [-0.4, -0.2) is 12.2 Å². The fraction of sp³-hybridized carbons (Fsp3) is 0.294. The van der Waals surface area contributed by atoms with Crippen molar-refractivity contribution in [2.45, 2.75) is 25.2 Å². The predicted molar refractivity (Wildman–Crippen MR) is 84.2 cm³/mol. The summed E-state index contributed by atoms with van der Waals surface area (Å²) in [5.74, 6) is 0.753. The van der Waals surface area contributed by atoms with Crippen LogP contribution in [0.3, 0.4) is 0 Å². The van der Waals surface area contributed by atoms with Gasteiger partial charge in [0.25, 0.3) is 0 Å². The third-order valence-corrected chi connectivity index (χ3v) is 4.19. The monoisotopic (exact) mass is 348 g/mol. The second-order valence-electron chi connectivity index (χ2n) is 5.21. The standard InChI is InChI=1S/C17H17BrO3/c1-20-10-11-2-4-12(5-3-11)17-9-15(19)14-8-13(18)6-7-16(14)21-17/h2-8,15,17,19H,9-10H2,1H3. The summed E-state index contributed by atoms with van der Waals surface area (Å²) < 4.78 is 12.1. The highest BCUT2D eigenvalue weighted by molar-refractivity contribution is 9.10. The number of methoxy groups -OCH3 is 1.